The lowest BCUT2D eigenvalue weighted by Gasteiger charge is -2.37. The lowest BCUT2D eigenvalue weighted by Crippen LogP contribution is -2.42. The summed E-state index contributed by atoms with van der Waals surface area (Å²) in [4.78, 5) is 26.2. The van der Waals surface area contributed by atoms with E-state index in [-0.39, 0.29) is 46.5 Å². The number of esters is 1. The highest BCUT2D eigenvalue weighted by molar-refractivity contribution is 8.03. The Hall–Kier alpha value is -2.50. The van der Waals surface area contributed by atoms with Crippen LogP contribution in [0.2, 0.25) is 5.02 Å². The molecule has 140 valence electrons. The number of nitrogens with two attached hydrogens (primary N) is 1. The van der Waals surface area contributed by atoms with Gasteiger partial charge < -0.3 is 10.5 Å². The number of rotatable bonds is 3. The highest BCUT2D eigenvalue weighted by Crippen LogP contribution is 2.48. The average Bonchev–Trinajstić information content (AvgIpc) is 2.62. The maximum atomic E-state index is 14.7. The zero-order valence-electron chi connectivity index (χ0n) is 14.3. The van der Waals surface area contributed by atoms with Gasteiger partial charge in [-0.25, -0.2) is 9.18 Å². The first kappa shape index (κ1) is 19.3. The first-order valence-electron chi connectivity index (χ1n) is 8.13. The number of ether oxygens (including phenoxy) is 1. The minimum atomic E-state index is -1.16. The van der Waals surface area contributed by atoms with Gasteiger partial charge in [0.05, 0.1) is 34.8 Å². The summed E-state index contributed by atoms with van der Waals surface area (Å²) in [6, 6.07) is 6.09. The van der Waals surface area contributed by atoms with Crippen LogP contribution in [-0.4, -0.2) is 29.1 Å². The van der Waals surface area contributed by atoms with E-state index in [0.29, 0.717) is 10.8 Å². The molecule has 6 nitrogen and oxygen atoms in total. The van der Waals surface area contributed by atoms with Crippen molar-refractivity contribution >= 4 is 35.2 Å². The van der Waals surface area contributed by atoms with Gasteiger partial charge in [0.15, 0.2) is 0 Å². The number of allylic oxidation sites excluding steroid dienone is 1. The Balaban J connectivity index is 2.33. The van der Waals surface area contributed by atoms with E-state index in [2.05, 4.69) is 0 Å². The number of fused-ring (bicyclic) bond motifs is 1. The summed E-state index contributed by atoms with van der Waals surface area (Å²) in [5.41, 5.74) is 5.99. The summed E-state index contributed by atoms with van der Waals surface area (Å²) in [6.07, 6.45) is 0.203. The molecule has 2 N–H and O–H groups in total. The fraction of sp³-hybridized carbons (Fsp3) is 0.278. The topological polar surface area (TPSA) is 96.4 Å². The van der Waals surface area contributed by atoms with Crippen molar-refractivity contribution in [2.45, 2.75) is 19.3 Å². The Kier molecular flexibility index (Phi) is 5.44. The van der Waals surface area contributed by atoms with Gasteiger partial charge in [-0.3, -0.25) is 9.69 Å². The Bertz CT molecular complexity index is 918. The van der Waals surface area contributed by atoms with E-state index in [1.807, 2.05) is 6.07 Å². The number of thioether (sulfide) groups is 1. The minimum Gasteiger partial charge on any atom is -0.463 e. The molecule has 1 aromatic rings. The maximum Gasteiger partial charge on any atom is 0.338 e. The van der Waals surface area contributed by atoms with Crippen molar-refractivity contribution in [2.75, 3.05) is 12.4 Å². The predicted molar refractivity (Wildman–Crippen MR) is 98.6 cm³/mol. The van der Waals surface area contributed by atoms with Crippen LogP contribution in [0.4, 0.5) is 4.39 Å². The van der Waals surface area contributed by atoms with Crippen molar-refractivity contribution in [3.8, 4) is 6.07 Å². The van der Waals surface area contributed by atoms with Gasteiger partial charge in [0.1, 0.15) is 11.6 Å². The van der Waals surface area contributed by atoms with Crippen molar-refractivity contribution in [1.82, 2.24) is 4.90 Å². The minimum absolute atomic E-state index is 0.0392. The summed E-state index contributed by atoms with van der Waals surface area (Å²) in [6.45, 7) is 1.66. The van der Waals surface area contributed by atoms with E-state index in [9.17, 15) is 19.2 Å². The molecule has 0 saturated carbocycles. The number of amides is 1. The van der Waals surface area contributed by atoms with Crippen molar-refractivity contribution in [2.24, 2.45) is 5.73 Å². The molecule has 1 saturated heterocycles. The van der Waals surface area contributed by atoms with Gasteiger partial charge >= 0.3 is 5.97 Å². The molecule has 1 amide bonds. The second kappa shape index (κ2) is 7.62. The molecule has 0 radical (unpaired) electrons. The number of benzene rings is 1. The van der Waals surface area contributed by atoms with Gasteiger partial charge in [0, 0.05) is 22.8 Å². The SMILES string of the molecule is CCOC(=O)C1=C(N)N2C(=O)CCSC2=C(C#N)C1c1c(F)cccc1Cl. The normalized spacial score (nSPS) is 19.7. The monoisotopic (exact) mass is 407 g/mol. The lowest BCUT2D eigenvalue weighted by molar-refractivity contribution is -0.139. The van der Waals surface area contributed by atoms with Gasteiger partial charge in [-0.1, -0.05) is 17.7 Å². The molecule has 0 aliphatic carbocycles. The molecule has 27 heavy (non-hydrogen) atoms. The molecule has 1 aromatic carbocycles. The van der Waals surface area contributed by atoms with Crippen LogP contribution in [-0.2, 0) is 14.3 Å². The van der Waals surface area contributed by atoms with Gasteiger partial charge in [-0.15, -0.1) is 11.8 Å². The Labute approximate surface area is 164 Å². The molecule has 2 aliphatic rings. The second-order valence-electron chi connectivity index (χ2n) is 5.75. The largest absolute Gasteiger partial charge is 0.463 e. The Morgan fingerprint density at radius 3 is 2.93 bits per heavy atom. The van der Waals surface area contributed by atoms with Crippen LogP contribution in [0.25, 0.3) is 0 Å². The van der Waals surface area contributed by atoms with Crippen LogP contribution >= 0.6 is 23.4 Å². The third-order valence-corrected chi connectivity index (χ3v) is 5.65. The number of halogens is 2. The zero-order chi connectivity index (χ0) is 19.7. The third kappa shape index (κ3) is 3.17. The van der Waals surface area contributed by atoms with E-state index in [4.69, 9.17) is 22.1 Å². The number of hydrogen-bond acceptors (Lipinski definition) is 6. The number of nitriles is 1. The highest BCUT2D eigenvalue weighted by atomic mass is 35.5. The van der Waals surface area contributed by atoms with E-state index in [1.165, 1.54) is 30.0 Å². The number of nitrogens with zero attached hydrogens (tertiary/aromatic N) is 2. The van der Waals surface area contributed by atoms with Crippen LogP contribution in [0.5, 0.6) is 0 Å². The zero-order valence-corrected chi connectivity index (χ0v) is 15.9. The molecule has 9 heteroatoms. The molecule has 3 rings (SSSR count). The predicted octanol–water partition coefficient (Wildman–Crippen LogP) is 3.01. The summed E-state index contributed by atoms with van der Waals surface area (Å²) >= 11 is 7.46. The van der Waals surface area contributed by atoms with Crippen LogP contribution in [0.15, 0.2) is 40.2 Å². The molecule has 1 atom stereocenters. The Morgan fingerprint density at radius 1 is 1.56 bits per heavy atom. The van der Waals surface area contributed by atoms with Crippen LogP contribution in [0.1, 0.15) is 24.8 Å². The summed E-state index contributed by atoms with van der Waals surface area (Å²) in [5, 5.41) is 10.1. The maximum absolute atomic E-state index is 14.7. The smallest absolute Gasteiger partial charge is 0.338 e. The molecule has 1 unspecified atom stereocenters. The van der Waals surface area contributed by atoms with Crippen molar-refractivity contribution in [3.05, 3.63) is 56.6 Å². The second-order valence-corrected chi connectivity index (χ2v) is 7.24. The van der Waals surface area contributed by atoms with Crippen molar-refractivity contribution in [3.63, 3.8) is 0 Å². The molecule has 2 heterocycles. The first-order chi connectivity index (χ1) is 12.9. The quantitative estimate of drug-likeness (QED) is 0.773. The van der Waals surface area contributed by atoms with Crippen LogP contribution < -0.4 is 5.73 Å². The van der Waals surface area contributed by atoms with Crippen molar-refractivity contribution in [1.29, 1.82) is 5.26 Å². The fourth-order valence-corrected chi connectivity index (χ4v) is 4.51. The standard InChI is InChI=1S/C18H15ClFN3O3S/c1-2-26-18(25)15-13(14-10(19)4-3-5-11(14)20)9(8-21)17-23(16(15)22)12(24)6-7-27-17/h3-5,13H,2,6-7,22H2,1H3. The summed E-state index contributed by atoms with van der Waals surface area (Å²) in [5.74, 6) is -2.72. The molecule has 1 fully saturated rings. The fourth-order valence-electron chi connectivity index (χ4n) is 3.12. The van der Waals surface area contributed by atoms with E-state index in [0.717, 1.165) is 4.90 Å². The Morgan fingerprint density at radius 2 is 2.30 bits per heavy atom. The summed E-state index contributed by atoms with van der Waals surface area (Å²) in [7, 11) is 0. The van der Waals surface area contributed by atoms with E-state index >= 15 is 0 Å². The number of carbonyl (C=O) groups is 2. The third-order valence-electron chi connectivity index (χ3n) is 4.24. The molecule has 2 aliphatic heterocycles. The molecule has 0 bridgehead atoms. The lowest BCUT2D eigenvalue weighted by atomic mass is 9.82. The average molecular weight is 408 g/mol. The van der Waals surface area contributed by atoms with Crippen molar-refractivity contribution < 1.29 is 18.7 Å². The van der Waals surface area contributed by atoms with Crippen LogP contribution in [0, 0.1) is 17.1 Å². The summed E-state index contributed by atoms with van der Waals surface area (Å²) < 4.78 is 19.7. The van der Waals surface area contributed by atoms with Gasteiger partial charge in [-0.05, 0) is 19.1 Å². The first-order valence-corrected chi connectivity index (χ1v) is 9.49. The van der Waals surface area contributed by atoms with Gasteiger partial charge in [0.25, 0.3) is 0 Å². The molecular weight excluding hydrogens is 393 g/mol. The van der Waals surface area contributed by atoms with E-state index in [1.54, 1.807) is 6.92 Å². The van der Waals surface area contributed by atoms with Gasteiger partial charge in [-0.2, -0.15) is 5.26 Å². The van der Waals surface area contributed by atoms with Crippen LogP contribution in [0.3, 0.4) is 0 Å². The molecular formula is C18H15ClFN3O3S. The number of carbonyl (C=O) groups excluding carboxylic acids is 2. The van der Waals surface area contributed by atoms with Gasteiger partial charge in [0.2, 0.25) is 5.91 Å². The molecule has 0 spiro atoms. The number of hydrogen-bond donors (Lipinski definition) is 1. The highest BCUT2D eigenvalue weighted by Gasteiger charge is 2.44. The van der Waals surface area contributed by atoms with E-state index < -0.39 is 17.7 Å². The molecule has 0 aromatic heterocycles.